The molecule has 0 aliphatic carbocycles. The highest BCUT2D eigenvalue weighted by Gasteiger charge is 2.48. The number of sulfonamides is 1. The Bertz CT molecular complexity index is 3450. The summed E-state index contributed by atoms with van der Waals surface area (Å²) in [6, 6.07) is 26.9. The second-order valence-electron chi connectivity index (χ2n) is 19.6. The summed E-state index contributed by atoms with van der Waals surface area (Å²) in [6.07, 6.45) is 3.99. The number of likely N-dealkylation sites (tertiary alicyclic amines) is 1. The van der Waals surface area contributed by atoms with Gasteiger partial charge < -0.3 is 30.1 Å². The fraction of sp³-hybridized carbons (Fsp3) is 0.352. The topological polar surface area (TPSA) is 187 Å². The standard InChI is InChI=1S/C54H59ClF4N6O8S4/c1-34(2)65-31-47(52(35(65)3)75(4,68)69)45-29-44(36-10-12-38(55)13-11-36)46(30-48(45)56)50-32-64(27-23-60-50)41-16-14-39(15-17-41)62-77(72,73)43-18-19-49(51(28-43)76(70,71)54(57,58)59)61-40(33-74-42-8-6-5-7-9-42)22-26-63-24-20-37(21-25-63)53(66)67/h5-19,28-31,34,37,40,50,60-62H,20-27,32-33H2,1-4H3,(H,66,67). The van der Waals surface area contributed by atoms with E-state index >= 15 is 4.39 Å². The SMILES string of the molecule is Cc1c(S(C)(=O)=O)c(-c2cc(-c3ccc(Cl)cc3)c(C3CN(c4ccc(NS(=O)(=O)c5ccc(NC(CCN6CCC(C(=O)O)CC6)CSc6ccccc6)c(S(=O)(=O)C(F)(F)F)c5)cc4)CCN3)cc2F)cn1C(C)C. The Morgan fingerprint density at radius 2 is 1.55 bits per heavy atom. The van der Waals surface area contributed by atoms with Crippen molar-refractivity contribution in [2.75, 3.05) is 66.2 Å². The lowest BCUT2D eigenvalue weighted by Gasteiger charge is -2.36. The van der Waals surface area contributed by atoms with E-state index in [2.05, 4.69) is 20.3 Å². The fourth-order valence-electron chi connectivity index (χ4n) is 9.92. The van der Waals surface area contributed by atoms with Crippen LogP contribution < -0.4 is 20.3 Å². The van der Waals surface area contributed by atoms with Crippen LogP contribution in [-0.4, -0.2) is 109 Å². The number of hydrogen-bond acceptors (Lipinski definition) is 12. The highest BCUT2D eigenvalue weighted by Crippen LogP contribution is 2.42. The number of sulfone groups is 2. The number of piperidine rings is 1. The molecule has 2 fully saturated rings. The van der Waals surface area contributed by atoms with E-state index in [1.807, 2.05) is 49.1 Å². The Labute approximate surface area is 456 Å². The smallest absolute Gasteiger partial charge is 0.481 e. The second kappa shape index (κ2) is 23.4. The number of hydrogen-bond donors (Lipinski definition) is 4. The van der Waals surface area contributed by atoms with Crippen molar-refractivity contribution in [1.82, 2.24) is 14.8 Å². The quantitative estimate of drug-likeness (QED) is 0.0444. The van der Waals surface area contributed by atoms with Crippen LogP contribution >= 0.6 is 23.4 Å². The lowest BCUT2D eigenvalue weighted by Crippen LogP contribution is -2.46. The third-order valence-electron chi connectivity index (χ3n) is 13.9. The van der Waals surface area contributed by atoms with Crippen LogP contribution in [0.4, 0.5) is 34.6 Å². The molecule has 6 aromatic rings. The van der Waals surface area contributed by atoms with Gasteiger partial charge in [0.25, 0.3) is 19.9 Å². The summed E-state index contributed by atoms with van der Waals surface area (Å²) in [4.78, 5) is 14.5. The van der Waals surface area contributed by atoms with Gasteiger partial charge in [0.2, 0.25) is 0 Å². The molecule has 3 heterocycles. The number of carboxylic acids is 1. The molecule has 0 spiro atoms. The Kier molecular flexibility index (Phi) is 17.5. The third-order valence-corrected chi connectivity index (χ3v) is 19.5. The average Bonchev–Trinajstić information content (AvgIpc) is 3.78. The molecule has 8 rings (SSSR count). The van der Waals surface area contributed by atoms with Crippen LogP contribution in [0.1, 0.15) is 56.5 Å². The highest BCUT2D eigenvalue weighted by atomic mass is 35.5. The number of halogens is 5. The first-order chi connectivity index (χ1) is 36.3. The van der Waals surface area contributed by atoms with Crippen LogP contribution in [0.15, 0.2) is 135 Å². The molecule has 2 atom stereocenters. The van der Waals surface area contributed by atoms with Gasteiger partial charge in [-0.05, 0) is 149 Å². The number of aromatic nitrogens is 1. The van der Waals surface area contributed by atoms with Crippen molar-refractivity contribution in [3.63, 3.8) is 0 Å². The van der Waals surface area contributed by atoms with Crippen molar-refractivity contribution in [3.05, 3.63) is 137 Å². The third kappa shape index (κ3) is 13.3. The number of piperazine rings is 1. The Balaban J connectivity index is 1.03. The zero-order valence-electron chi connectivity index (χ0n) is 42.5. The predicted octanol–water partition coefficient (Wildman–Crippen LogP) is 10.9. The van der Waals surface area contributed by atoms with Crippen LogP contribution in [0.5, 0.6) is 0 Å². The number of rotatable bonds is 19. The molecular weight excluding hydrogens is 1100 g/mol. The predicted molar refractivity (Wildman–Crippen MR) is 294 cm³/mol. The van der Waals surface area contributed by atoms with Crippen molar-refractivity contribution in [2.24, 2.45) is 5.92 Å². The van der Waals surface area contributed by atoms with E-state index in [-0.39, 0.29) is 27.8 Å². The fourth-order valence-corrected chi connectivity index (χ4v) is 14.4. The number of aliphatic carboxylic acids is 1. The van der Waals surface area contributed by atoms with Gasteiger partial charge in [-0.25, -0.2) is 29.6 Å². The van der Waals surface area contributed by atoms with Crippen LogP contribution in [-0.2, 0) is 34.5 Å². The van der Waals surface area contributed by atoms with Gasteiger partial charge in [-0.3, -0.25) is 9.52 Å². The second-order valence-corrected chi connectivity index (χ2v) is 26.7. The molecule has 0 bridgehead atoms. The summed E-state index contributed by atoms with van der Waals surface area (Å²) in [7, 11) is -14.6. The first-order valence-corrected chi connectivity index (χ1v) is 31.0. The summed E-state index contributed by atoms with van der Waals surface area (Å²) in [6.45, 7) is 8.21. The monoisotopic (exact) mass is 1160 g/mol. The molecule has 77 heavy (non-hydrogen) atoms. The van der Waals surface area contributed by atoms with Gasteiger partial charge in [-0.2, -0.15) is 13.2 Å². The lowest BCUT2D eigenvalue weighted by molar-refractivity contribution is -0.143. The maximum atomic E-state index is 16.7. The number of carbonyl (C=O) groups is 1. The largest absolute Gasteiger partial charge is 0.501 e. The van der Waals surface area contributed by atoms with E-state index in [4.69, 9.17) is 11.6 Å². The summed E-state index contributed by atoms with van der Waals surface area (Å²) < 4.78 is 145. The number of carboxylic acid groups (broad SMARTS) is 1. The van der Waals surface area contributed by atoms with Crippen LogP contribution in [0, 0.1) is 18.7 Å². The van der Waals surface area contributed by atoms with E-state index in [0.717, 1.165) is 23.3 Å². The number of nitrogens with zero attached hydrogens (tertiary/aromatic N) is 3. The van der Waals surface area contributed by atoms with Crippen LogP contribution in [0.2, 0.25) is 5.02 Å². The van der Waals surface area contributed by atoms with Gasteiger partial charge in [-0.15, -0.1) is 11.8 Å². The minimum Gasteiger partial charge on any atom is -0.481 e. The number of benzene rings is 5. The van der Waals surface area contributed by atoms with Crippen molar-refractivity contribution in [1.29, 1.82) is 0 Å². The first kappa shape index (κ1) is 57.6. The summed E-state index contributed by atoms with van der Waals surface area (Å²) >= 11 is 7.69. The minimum atomic E-state index is -6.10. The molecule has 0 radical (unpaired) electrons. The number of anilines is 3. The number of alkyl halides is 3. The van der Waals surface area contributed by atoms with Gasteiger partial charge in [-0.1, -0.05) is 41.9 Å². The molecule has 4 N–H and O–H groups in total. The molecule has 14 nitrogen and oxygen atoms in total. The van der Waals surface area contributed by atoms with E-state index in [9.17, 15) is 48.3 Å². The summed E-state index contributed by atoms with van der Waals surface area (Å²) in [5, 5.41) is 16.4. The number of thioether (sulfide) groups is 1. The van der Waals surface area contributed by atoms with Crippen LogP contribution in [0.25, 0.3) is 22.3 Å². The first-order valence-electron chi connectivity index (χ1n) is 24.8. The zero-order chi connectivity index (χ0) is 55.6. The molecule has 23 heteroatoms. The van der Waals surface area contributed by atoms with Crippen LogP contribution in [0.3, 0.4) is 0 Å². The molecule has 0 saturated carbocycles. The lowest BCUT2D eigenvalue weighted by atomic mass is 9.90. The Morgan fingerprint density at radius 3 is 2.17 bits per heavy atom. The maximum absolute atomic E-state index is 16.7. The maximum Gasteiger partial charge on any atom is 0.501 e. The van der Waals surface area contributed by atoms with Crippen molar-refractivity contribution in [3.8, 4) is 22.3 Å². The van der Waals surface area contributed by atoms with Crippen molar-refractivity contribution in [2.45, 2.75) is 83.2 Å². The highest BCUT2D eigenvalue weighted by molar-refractivity contribution is 7.99. The molecule has 0 amide bonds. The van der Waals surface area contributed by atoms with Gasteiger partial charge in [0, 0.05) is 94.6 Å². The molecule has 2 aliphatic rings. The molecule has 5 aromatic carbocycles. The van der Waals surface area contributed by atoms with Gasteiger partial charge in [0.05, 0.1) is 27.4 Å². The molecule has 412 valence electrons. The van der Waals surface area contributed by atoms with Crippen molar-refractivity contribution < 1.29 is 52.7 Å². The van der Waals surface area contributed by atoms with E-state index in [1.54, 1.807) is 60.2 Å². The zero-order valence-corrected chi connectivity index (χ0v) is 46.5. The van der Waals surface area contributed by atoms with E-state index in [0.29, 0.717) is 103 Å². The Hall–Kier alpha value is -5.62. The minimum absolute atomic E-state index is 0.0333. The average molecular weight is 1160 g/mol. The van der Waals surface area contributed by atoms with Gasteiger partial charge in [0.1, 0.15) is 10.7 Å². The summed E-state index contributed by atoms with van der Waals surface area (Å²) in [5.41, 5.74) is -2.73. The molecule has 2 unspecified atom stereocenters. The molecule has 1 aromatic heterocycles. The van der Waals surface area contributed by atoms with E-state index < -0.39 is 80.5 Å². The summed E-state index contributed by atoms with van der Waals surface area (Å²) in [5.74, 6) is -1.67. The van der Waals surface area contributed by atoms with Gasteiger partial charge in [0.15, 0.2) is 9.84 Å². The molecule has 2 saturated heterocycles. The number of nitrogens with one attached hydrogen (secondary N) is 3. The Morgan fingerprint density at radius 1 is 0.870 bits per heavy atom. The van der Waals surface area contributed by atoms with Gasteiger partial charge >= 0.3 is 11.5 Å². The van der Waals surface area contributed by atoms with Crippen molar-refractivity contribution >= 4 is 76.1 Å². The van der Waals surface area contributed by atoms with E-state index in [1.165, 1.54) is 30.0 Å². The molecule has 2 aliphatic heterocycles. The molecular formula is C54H59ClF4N6O8S4. The normalized spacial score (nSPS) is 16.6.